The molecule has 52 heavy (non-hydrogen) atoms. The molecule has 0 fully saturated rings. The second-order valence-electron chi connectivity index (χ2n) is 13.3. The fourth-order valence-corrected chi connectivity index (χ4v) is 6.82. The Bertz CT molecular complexity index is 2000. The van der Waals surface area contributed by atoms with Gasteiger partial charge in [0.15, 0.2) is 0 Å². The second-order valence-corrected chi connectivity index (χ2v) is 14.6. The van der Waals surface area contributed by atoms with Gasteiger partial charge in [0.05, 0.1) is 29.2 Å². The number of aliphatic hydroxyl groups excluding tert-OH is 1. The molecule has 10 nitrogen and oxygen atoms in total. The van der Waals surface area contributed by atoms with Crippen molar-refractivity contribution in [2.75, 3.05) is 30.0 Å². The zero-order valence-corrected chi connectivity index (χ0v) is 32.6. The van der Waals surface area contributed by atoms with Gasteiger partial charge in [0.25, 0.3) is 0 Å². The van der Waals surface area contributed by atoms with Crippen LogP contribution < -0.4 is 9.62 Å². The molecule has 3 aromatic carbocycles. The van der Waals surface area contributed by atoms with E-state index in [1.54, 1.807) is 39.4 Å². The van der Waals surface area contributed by atoms with E-state index in [1.165, 1.54) is 5.56 Å². The predicted octanol–water partition coefficient (Wildman–Crippen LogP) is 7.12. The average molecular weight is 726 g/mol. The fourth-order valence-electron chi connectivity index (χ4n) is 6.01. The highest BCUT2D eigenvalue weighted by molar-refractivity contribution is 7.85. The van der Waals surface area contributed by atoms with Gasteiger partial charge in [-0.3, -0.25) is 14.1 Å². The lowest BCUT2D eigenvalue weighted by atomic mass is 9.81. The molecular weight excluding hydrogens is 675 g/mol. The van der Waals surface area contributed by atoms with E-state index in [2.05, 4.69) is 53.5 Å². The van der Waals surface area contributed by atoms with Crippen LogP contribution in [0.25, 0.3) is 27.9 Å². The summed E-state index contributed by atoms with van der Waals surface area (Å²) in [5.41, 5.74) is 12.4. The maximum Gasteiger partial charge on any atom is 0.150 e. The van der Waals surface area contributed by atoms with Crippen molar-refractivity contribution in [3.05, 3.63) is 112 Å². The Kier molecular flexibility index (Phi) is 14.7. The molecule has 276 valence electrons. The SMILES string of the molecule is CC(C)(C)O.CNc1cc(C)nn1-c1ccncc1.CO.Cc1ccc(-c2c(C)c3c(c(C)c2CC=O)N(S(C)=O)Cc2cc(C=O)ccc2-3)cc1. The highest BCUT2D eigenvalue weighted by Gasteiger charge is 2.31. The molecule has 0 aliphatic carbocycles. The lowest BCUT2D eigenvalue weighted by molar-refractivity contribution is -0.107. The Balaban J connectivity index is 0.000000286. The first-order valence-corrected chi connectivity index (χ1v) is 18.4. The number of nitrogens with one attached hydrogen (secondary N) is 1. The zero-order chi connectivity index (χ0) is 38.7. The first kappa shape index (κ1) is 41.5. The van der Waals surface area contributed by atoms with E-state index in [0.717, 1.165) is 87.1 Å². The third-order valence-corrected chi connectivity index (χ3v) is 9.06. The monoisotopic (exact) mass is 725 g/mol. The maximum absolute atomic E-state index is 12.7. The summed E-state index contributed by atoms with van der Waals surface area (Å²) in [6.07, 6.45) is 7.25. The topological polar surface area (TPSA) is 138 Å². The van der Waals surface area contributed by atoms with E-state index < -0.39 is 16.6 Å². The number of carbonyl (C=O) groups is 2. The summed E-state index contributed by atoms with van der Waals surface area (Å²) in [6, 6.07) is 19.9. The molecule has 0 saturated carbocycles. The Morgan fingerprint density at radius 3 is 2.06 bits per heavy atom. The average Bonchev–Trinajstić information content (AvgIpc) is 3.51. The van der Waals surface area contributed by atoms with Gasteiger partial charge in [0, 0.05) is 56.4 Å². The molecule has 0 bridgehead atoms. The Hall–Kier alpha value is -4.97. The molecular formula is C41H51N5O5S. The molecule has 0 amide bonds. The minimum Gasteiger partial charge on any atom is -0.400 e. The Morgan fingerprint density at radius 1 is 0.904 bits per heavy atom. The van der Waals surface area contributed by atoms with Gasteiger partial charge in [0.2, 0.25) is 0 Å². The number of carbonyl (C=O) groups excluding carboxylic acids is 2. The number of hydrogen-bond acceptors (Lipinski definition) is 8. The van der Waals surface area contributed by atoms with Crippen molar-refractivity contribution in [3.8, 4) is 27.9 Å². The summed E-state index contributed by atoms with van der Waals surface area (Å²) in [6.45, 7) is 13.8. The summed E-state index contributed by atoms with van der Waals surface area (Å²) >= 11 is 0. The zero-order valence-electron chi connectivity index (χ0n) is 31.8. The van der Waals surface area contributed by atoms with Crippen LogP contribution >= 0.6 is 0 Å². The van der Waals surface area contributed by atoms with Gasteiger partial charge >= 0.3 is 0 Å². The van der Waals surface area contributed by atoms with E-state index in [-0.39, 0.29) is 0 Å². The molecule has 1 aliphatic rings. The van der Waals surface area contributed by atoms with Crippen LogP contribution in [0.15, 0.2) is 73.1 Å². The van der Waals surface area contributed by atoms with Crippen LogP contribution in [-0.4, -0.2) is 67.8 Å². The summed E-state index contributed by atoms with van der Waals surface area (Å²) in [5, 5.41) is 23.0. The number of aliphatic hydroxyl groups is 2. The quantitative estimate of drug-likeness (QED) is 0.151. The molecule has 5 aromatic rings. The van der Waals surface area contributed by atoms with Gasteiger partial charge in [-0.2, -0.15) is 5.10 Å². The molecule has 2 aromatic heterocycles. The van der Waals surface area contributed by atoms with Gasteiger partial charge in [-0.15, -0.1) is 0 Å². The highest BCUT2D eigenvalue weighted by Crippen LogP contribution is 2.49. The number of pyridine rings is 1. The number of nitrogens with zero attached hydrogens (tertiary/aromatic N) is 4. The van der Waals surface area contributed by atoms with Crippen LogP contribution in [-0.2, 0) is 28.7 Å². The van der Waals surface area contributed by atoms with Gasteiger partial charge in [-0.05, 0) is 106 Å². The molecule has 6 rings (SSSR count). The molecule has 1 unspecified atom stereocenters. The number of rotatable bonds is 7. The maximum atomic E-state index is 12.7. The Labute approximate surface area is 310 Å². The summed E-state index contributed by atoms with van der Waals surface area (Å²) in [5.74, 6) is 0.980. The van der Waals surface area contributed by atoms with Crippen molar-refractivity contribution in [3.63, 3.8) is 0 Å². The molecule has 1 aliphatic heterocycles. The summed E-state index contributed by atoms with van der Waals surface area (Å²) in [4.78, 5) is 26.9. The summed E-state index contributed by atoms with van der Waals surface area (Å²) < 4.78 is 16.5. The first-order valence-electron chi connectivity index (χ1n) is 16.9. The highest BCUT2D eigenvalue weighted by atomic mass is 32.2. The lowest BCUT2D eigenvalue weighted by Crippen LogP contribution is -2.30. The van der Waals surface area contributed by atoms with Crippen LogP contribution in [0.1, 0.15) is 64.6 Å². The van der Waals surface area contributed by atoms with E-state index in [4.69, 9.17) is 10.2 Å². The van der Waals surface area contributed by atoms with Crippen molar-refractivity contribution in [2.24, 2.45) is 0 Å². The number of anilines is 2. The molecule has 0 radical (unpaired) electrons. The number of hydrogen-bond donors (Lipinski definition) is 3. The minimum atomic E-state index is -1.26. The van der Waals surface area contributed by atoms with E-state index in [0.29, 0.717) is 18.5 Å². The molecule has 1 atom stereocenters. The number of aldehydes is 2. The van der Waals surface area contributed by atoms with Crippen LogP contribution in [0.2, 0.25) is 0 Å². The van der Waals surface area contributed by atoms with Crippen molar-refractivity contribution in [2.45, 2.75) is 67.0 Å². The molecule has 11 heteroatoms. The van der Waals surface area contributed by atoms with E-state index >= 15 is 0 Å². The van der Waals surface area contributed by atoms with Crippen LogP contribution in [0.3, 0.4) is 0 Å². The normalized spacial score (nSPS) is 12.0. The van der Waals surface area contributed by atoms with Gasteiger partial charge in [-0.1, -0.05) is 42.0 Å². The fraction of sp³-hybridized carbons (Fsp3) is 0.317. The van der Waals surface area contributed by atoms with Crippen molar-refractivity contribution in [1.29, 1.82) is 0 Å². The van der Waals surface area contributed by atoms with Gasteiger partial charge in [-0.25, -0.2) is 8.89 Å². The standard InChI is InChI=1S/C26H25NO3S.C10H12N4.C4H10O.CH4O/c1-16-5-8-20(9-6-16)24-18(3)25-23-10-7-19(15-29)13-21(23)14-27(31(4)30)26(25)17(2)22(24)11-12-28;1-8-7-10(11-2)14(13-8)9-3-5-12-6-4-9;1-4(2,3)5;1-2/h5-10,12-13,15H,11,14H2,1-4H3;3-7,11H,1-2H3;5H,1-3H3;2H,1H3. The van der Waals surface area contributed by atoms with Crippen LogP contribution in [0, 0.1) is 27.7 Å². The summed E-state index contributed by atoms with van der Waals surface area (Å²) in [7, 11) is 1.63. The van der Waals surface area contributed by atoms with E-state index in [1.807, 2.05) is 66.3 Å². The van der Waals surface area contributed by atoms with Crippen molar-refractivity contribution in [1.82, 2.24) is 14.8 Å². The molecule has 0 spiro atoms. The third-order valence-electron chi connectivity index (χ3n) is 8.13. The second kappa shape index (κ2) is 18.5. The third kappa shape index (κ3) is 10.1. The number of benzene rings is 3. The molecule has 3 heterocycles. The van der Waals surface area contributed by atoms with Crippen LogP contribution in [0.4, 0.5) is 11.5 Å². The van der Waals surface area contributed by atoms with Gasteiger partial charge < -0.3 is 20.3 Å². The number of aryl methyl sites for hydroxylation is 2. The number of fused-ring (bicyclic) bond motifs is 3. The van der Waals surface area contributed by atoms with Gasteiger partial charge in [0.1, 0.15) is 29.4 Å². The largest absolute Gasteiger partial charge is 0.400 e. The molecule has 3 N–H and O–H groups in total. The minimum absolute atomic E-state index is 0.296. The van der Waals surface area contributed by atoms with Crippen LogP contribution in [0.5, 0.6) is 0 Å². The van der Waals surface area contributed by atoms with Crippen molar-refractivity contribution >= 4 is 35.1 Å². The number of aromatic nitrogens is 3. The predicted molar refractivity (Wildman–Crippen MR) is 213 cm³/mol. The Morgan fingerprint density at radius 2 is 1.52 bits per heavy atom. The lowest BCUT2D eigenvalue weighted by Gasteiger charge is -2.35. The smallest absolute Gasteiger partial charge is 0.150 e. The molecule has 0 saturated heterocycles. The first-order chi connectivity index (χ1) is 24.7. The van der Waals surface area contributed by atoms with Crippen molar-refractivity contribution < 1.29 is 24.0 Å². The van der Waals surface area contributed by atoms with E-state index in [9.17, 15) is 13.8 Å².